The highest BCUT2D eigenvalue weighted by Gasteiger charge is 2.24. The molecule has 2 aliphatic rings. The predicted molar refractivity (Wildman–Crippen MR) is 84.0 cm³/mol. The maximum Gasteiger partial charge on any atom is 0.0495 e. The van der Waals surface area contributed by atoms with Gasteiger partial charge in [-0.05, 0) is 22.3 Å². The van der Waals surface area contributed by atoms with E-state index < -0.39 is 0 Å². The summed E-state index contributed by atoms with van der Waals surface area (Å²) in [7, 11) is 0. The van der Waals surface area contributed by atoms with E-state index in [-0.39, 0.29) is 0 Å². The van der Waals surface area contributed by atoms with Crippen molar-refractivity contribution >= 4 is 23.9 Å². The number of hydrogen-bond acceptors (Lipinski definition) is 1. The van der Waals surface area contributed by atoms with E-state index in [4.69, 9.17) is 0 Å². The molecule has 2 atom stereocenters. The predicted octanol–water partition coefficient (Wildman–Crippen LogP) is 5.26. The molecule has 1 heteroatoms. The van der Waals surface area contributed by atoms with Gasteiger partial charge in [-0.1, -0.05) is 72.8 Å². The van der Waals surface area contributed by atoms with Crippen molar-refractivity contribution in [3.8, 4) is 0 Å². The van der Waals surface area contributed by atoms with Crippen molar-refractivity contribution in [3.63, 3.8) is 0 Å². The molecule has 0 radical (unpaired) electrons. The molecule has 0 saturated carbocycles. The molecule has 0 aliphatic heterocycles. The minimum absolute atomic E-state index is 0.483. The zero-order chi connectivity index (χ0) is 12.7. The van der Waals surface area contributed by atoms with Gasteiger partial charge in [0.25, 0.3) is 0 Å². The molecule has 92 valence electrons. The van der Waals surface area contributed by atoms with E-state index in [0.29, 0.717) is 10.5 Å². The Morgan fingerprint density at radius 3 is 1.63 bits per heavy atom. The molecule has 0 heterocycles. The Hall–Kier alpha value is -1.73. The van der Waals surface area contributed by atoms with Gasteiger partial charge in [0.1, 0.15) is 0 Å². The van der Waals surface area contributed by atoms with E-state index in [2.05, 4.69) is 72.8 Å². The van der Waals surface area contributed by atoms with Crippen LogP contribution in [0.25, 0.3) is 12.2 Å². The minimum Gasteiger partial charge on any atom is -0.137 e. The van der Waals surface area contributed by atoms with Crippen LogP contribution in [0.2, 0.25) is 0 Å². The van der Waals surface area contributed by atoms with E-state index in [0.717, 1.165) is 0 Å². The average molecular weight is 262 g/mol. The number of rotatable bonds is 2. The molecular formula is C18H14S. The number of fused-ring (bicyclic) bond motifs is 2. The zero-order valence-corrected chi connectivity index (χ0v) is 11.3. The normalized spacial score (nSPS) is 22.5. The molecule has 2 unspecified atom stereocenters. The second-order valence-corrected chi connectivity index (χ2v) is 6.24. The van der Waals surface area contributed by atoms with Crippen LogP contribution in [0.5, 0.6) is 0 Å². The fourth-order valence-corrected chi connectivity index (χ4v) is 4.21. The fourth-order valence-electron chi connectivity index (χ4n) is 2.83. The average Bonchev–Trinajstić information content (AvgIpc) is 3.05. The smallest absolute Gasteiger partial charge is 0.0495 e. The van der Waals surface area contributed by atoms with Crippen LogP contribution in [0.3, 0.4) is 0 Å². The van der Waals surface area contributed by atoms with Gasteiger partial charge in [0.2, 0.25) is 0 Å². The quantitative estimate of drug-likeness (QED) is 0.711. The Morgan fingerprint density at radius 2 is 1.11 bits per heavy atom. The van der Waals surface area contributed by atoms with Crippen LogP contribution in [0, 0.1) is 0 Å². The molecule has 4 rings (SSSR count). The molecule has 2 aliphatic carbocycles. The van der Waals surface area contributed by atoms with Crippen molar-refractivity contribution in [2.45, 2.75) is 10.5 Å². The second kappa shape index (κ2) is 4.43. The van der Waals surface area contributed by atoms with Crippen molar-refractivity contribution in [2.75, 3.05) is 0 Å². The molecule has 0 bridgehead atoms. The highest BCUT2D eigenvalue weighted by molar-refractivity contribution is 8.00. The van der Waals surface area contributed by atoms with Gasteiger partial charge < -0.3 is 0 Å². The van der Waals surface area contributed by atoms with Gasteiger partial charge in [0.05, 0.1) is 0 Å². The maximum atomic E-state index is 2.32. The van der Waals surface area contributed by atoms with Gasteiger partial charge in [-0.25, -0.2) is 0 Å². The standard InChI is InChI=1S/C18H14S/c1-3-7-15-13(5-1)9-11-17(15)19-18-12-10-14-6-2-4-8-16(14)18/h1-12,17-18H. The summed E-state index contributed by atoms with van der Waals surface area (Å²) in [5.74, 6) is 0. The van der Waals surface area contributed by atoms with Crippen LogP contribution in [0.1, 0.15) is 32.8 Å². The number of benzene rings is 2. The first-order valence-electron chi connectivity index (χ1n) is 6.61. The molecule has 0 saturated heterocycles. The topological polar surface area (TPSA) is 0 Å². The first-order valence-corrected chi connectivity index (χ1v) is 7.56. The largest absolute Gasteiger partial charge is 0.137 e. The van der Waals surface area contributed by atoms with Crippen LogP contribution in [0.4, 0.5) is 0 Å². The summed E-state index contributed by atoms with van der Waals surface area (Å²) in [5.41, 5.74) is 5.64. The van der Waals surface area contributed by atoms with Crippen LogP contribution in [-0.4, -0.2) is 0 Å². The fraction of sp³-hybridized carbons (Fsp3) is 0.111. The summed E-state index contributed by atoms with van der Waals surface area (Å²) in [5, 5.41) is 0.967. The van der Waals surface area contributed by atoms with Crippen molar-refractivity contribution in [1.82, 2.24) is 0 Å². The third kappa shape index (κ3) is 1.85. The first kappa shape index (κ1) is 11.1. The molecule has 0 fully saturated rings. The molecule has 2 aromatic rings. The first-order chi connectivity index (χ1) is 9.42. The van der Waals surface area contributed by atoms with Crippen molar-refractivity contribution in [3.05, 3.63) is 82.9 Å². The van der Waals surface area contributed by atoms with Gasteiger partial charge in [0, 0.05) is 10.5 Å². The van der Waals surface area contributed by atoms with Crippen molar-refractivity contribution in [1.29, 1.82) is 0 Å². The van der Waals surface area contributed by atoms with E-state index in [9.17, 15) is 0 Å². The van der Waals surface area contributed by atoms with Gasteiger partial charge in [0.15, 0.2) is 0 Å². The van der Waals surface area contributed by atoms with Gasteiger partial charge in [-0.3, -0.25) is 0 Å². The Bertz CT molecular complexity index is 622. The maximum absolute atomic E-state index is 2.32. The lowest BCUT2D eigenvalue weighted by Crippen LogP contribution is -1.93. The summed E-state index contributed by atoms with van der Waals surface area (Å²) >= 11 is 2.03. The van der Waals surface area contributed by atoms with E-state index >= 15 is 0 Å². The van der Waals surface area contributed by atoms with Gasteiger partial charge in [-0.15, -0.1) is 11.8 Å². The molecule has 0 amide bonds. The van der Waals surface area contributed by atoms with Gasteiger partial charge >= 0.3 is 0 Å². The molecule has 2 aromatic carbocycles. The highest BCUT2D eigenvalue weighted by atomic mass is 32.2. The Morgan fingerprint density at radius 1 is 0.632 bits per heavy atom. The highest BCUT2D eigenvalue weighted by Crippen LogP contribution is 2.48. The van der Waals surface area contributed by atoms with E-state index in [1.165, 1.54) is 22.3 Å². The molecule has 0 nitrogen and oxygen atoms in total. The van der Waals surface area contributed by atoms with Crippen LogP contribution < -0.4 is 0 Å². The van der Waals surface area contributed by atoms with E-state index in [1.807, 2.05) is 11.8 Å². The minimum atomic E-state index is 0.483. The number of hydrogen-bond donors (Lipinski definition) is 0. The Kier molecular flexibility index (Phi) is 2.59. The lowest BCUT2D eigenvalue weighted by atomic mass is 10.1. The van der Waals surface area contributed by atoms with Gasteiger partial charge in [-0.2, -0.15) is 0 Å². The summed E-state index contributed by atoms with van der Waals surface area (Å²) in [6, 6.07) is 17.4. The monoisotopic (exact) mass is 262 g/mol. The molecular weight excluding hydrogens is 248 g/mol. The lowest BCUT2D eigenvalue weighted by molar-refractivity contribution is 1.20. The zero-order valence-electron chi connectivity index (χ0n) is 10.5. The SMILES string of the molecule is C1=CC(SC2C=Cc3ccccc32)c2ccccc21. The third-order valence-corrected chi connectivity index (χ3v) is 5.21. The molecule has 0 spiro atoms. The lowest BCUT2D eigenvalue weighted by Gasteiger charge is -2.16. The third-order valence-electron chi connectivity index (χ3n) is 3.80. The van der Waals surface area contributed by atoms with E-state index in [1.54, 1.807) is 0 Å². The number of thioether (sulfide) groups is 1. The summed E-state index contributed by atoms with van der Waals surface area (Å²) in [6.07, 6.45) is 9.14. The summed E-state index contributed by atoms with van der Waals surface area (Å²) in [6.45, 7) is 0. The van der Waals surface area contributed by atoms with Crippen LogP contribution in [-0.2, 0) is 0 Å². The Balaban J connectivity index is 1.62. The molecule has 19 heavy (non-hydrogen) atoms. The van der Waals surface area contributed by atoms with Crippen LogP contribution >= 0.6 is 11.8 Å². The second-order valence-electron chi connectivity index (χ2n) is 4.95. The summed E-state index contributed by atoms with van der Waals surface area (Å²) in [4.78, 5) is 0. The summed E-state index contributed by atoms with van der Waals surface area (Å²) < 4.78 is 0. The molecule has 0 aromatic heterocycles. The van der Waals surface area contributed by atoms with Crippen LogP contribution in [0.15, 0.2) is 60.7 Å². The molecule has 0 N–H and O–H groups in total. The Labute approximate surface area is 117 Å². The van der Waals surface area contributed by atoms with Crippen molar-refractivity contribution in [2.24, 2.45) is 0 Å². The van der Waals surface area contributed by atoms with Crippen molar-refractivity contribution < 1.29 is 0 Å².